The Bertz CT molecular complexity index is 502. The lowest BCUT2D eigenvalue weighted by molar-refractivity contribution is 0.0601. The molecular weight excluding hydrogens is 222 g/mol. The average molecular weight is 233 g/mol. The van der Waals surface area contributed by atoms with E-state index in [2.05, 4.69) is 9.72 Å². The third kappa shape index (κ3) is 2.12. The van der Waals surface area contributed by atoms with Gasteiger partial charge in [0.1, 0.15) is 5.01 Å². The van der Waals surface area contributed by atoms with E-state index in [-0.39, 0.29) is 5.97 Å². The number of rotatable bonds is 2. The highest BCUT2D eigenvalue weighted by molar-refractivity contribution is 7.13. The van der Waals surface area contributed by atoms with Crippen LogP contribution in [0.1, 0.15) is 16.1 Å². The highest BCUT2D eigenvalue weighted by atomic mass is 32.1. The normalized spacial score (nSPS) is 10.1. The number of esters is 1. The monoisotopic (exact) mass is 233 g/mol. The molecule has 82 valence electrons. The summed E-state index contributed by atoms with van der Waals surface area (Å²) in [5, 5.41) is 2.97. The minimum atomic E-state index is -0.318. The number of hydrogen-bond donors (Lipinski definition) is 0. The lowest BCUT2D eigenvalue weighted by Crippen LogP contribution is -2.00. The van der Waals surface area contributed by atoms with Crippen LogP contribution < -0.4 is 0 Å². The molecule has 2 aromatic rings. The summed E-state index contributed by atoms with van der Waals surface area (Å²) in [5.41, 5.74) is 2.59. The largest absolute Gasteiger partial charge is 0.465 e. The second-order valence-electron chi connectivity index (χ2n) is 3.36. The molecule has 0 aliphatic heterocycles. The highest BCUT2D eigenvalue weighted by Gasteiger charge is 2.06. The molecule has 0 saturated carbocycles. The zero-order chi connectivity index (χ0) is 11.5. The minimum Gasteiger partial charge on any atom is -0.465 e. The molecular formula is C12H11NO2S. The second kappa shape index (κ2) is 4.45. The van der Waals surface area contributed by atoms with Crippen LogP contribution in [0.3, 0.4) is 0 Å². The summed E-state index contributed by atoms with van der Waals surface area (Å²) in [7, 11) is 1.38. The summed E-state index contributed by atoms with van der Waals surface area (Å²) < 4.78 is 4.63. The van der Waals surface area contributed by atoms with Gasteiger partial charge in [0.15, 0.2) is 0 Å². The molecule has 16 heavy (non-hydrogen) atoms. The van der Waals surface area contributed by atoms with Gasteiger partial charge >= 0.3 is 5.97 Å². The summed E-state index contributed by atoms with van der Waals surface area (Å²) >= 11 is 1.60. The van der Waals surface area contributed by atoms with E-state index in [0.717, 1.165) is 16.3 Å². The SMILES string of the molecule is COC(=O)c1ccc(-c2nc(C)cs2)cc1. The number of nitrogens with zero attached hydrogens (tertiary/aromatic N) is 1. The van der Waals surface area contributed by atoms with E-state index < -0.39 is 0 Å². The molecule has 3 nitrogen and oxygen atoms in total. The molecule has 0 atom stereocenters. The third-order valence-electron chi connectivity index (χ3n) is 2.17. The topological polar surface area (TPSA) is 39.2 Å². The number of hydrogen-bond acceptors (Lipinski definition) is 4. The Morgan fingerprint density at radius 1 is 1.31 bits per heavy atom. The van der Waals surface area contributed by atoms with Gasteiger partial charge in [-0.2, -0.15) is 0 Å². The van der Waals surface area contributed by atoms with E-state index in [9.17, 15) is 4.79 Å². The van der Waals surface area contributed by atoms with Crippen LogP contribution in [0, 0.1) is 6.92 Å². The van der Waals surface area contributed by atoms with Gasteiger partial charge in [-0.1, -0.05) is 12.1 Å². The molecule has 1 aromatic carbocycles. The van der Waals surface area contributed by atoms with Crippen molar-refractivity contribution >= 4 is 17.3 Å². The number of carbonyl (C=O) groups excluding carboxylic acids is 1. The van der Waals surface area contributed by atoms with Crippen LogP contribution in [0.4, 0.5) is 0 Å². The van der Waals surface area contributed by atoms with Crippen molar-refractivity contribution in [2.75, 3.05) is 7.11 Å². The van der Waals surface area contributed by atoms with Crippen molar-refractivity contribution < 1.29 is 9.53 Å². The van der Waals surface area contributed by atoms with Crippen molar-refractivity contribution in [1.82, 2.24) is 4.98 Å². The van der Waals surface area contributed by atoms with Crippen molar-refractivity contribution in [2.24, 2.45) is 0 Å². The predicted octanol–water partition coefficient (Wildman–Crippen LogP) is 2.91. The zero-order valence-electron chi connectivity index (χ0n) is 9.06. The smallest absolute Gasteiger partial charge is 0.337 e. The van der Waals surface area contributed by atoms with E-state index in [4.69, 9.17) is 0 Å². The third-order valence-corrected chi connectivity index (χ3v) is 3.18. The quantitative estimate of drug-likeness (QED) is 0.749. The van der Waals surface area contributed by atoms with Crippen LogP contribution in [-0.4, -0.2) is 18.1 Å². The van der Waals surface area contributed by atoms with Crippen molar-refractivity contribution in [3.8, 4) is 10.6 Å². The molecule has 0 amide bonds. The molecule has 1 heterocycles. The Kier molecular flexibility index (Phi) is 3.01. The van der Waals surface area contributed by atoms with Gasteiger partial charge < -0.3 is 4.74 Å². The van der Waals surface area contributed by atoms with E-state index in [1.54, 1.807) is 23.5 Å². The van der Waals surface area contributed by atoms with E-state index in [1.807, 2.05) is 24.4 Å². The summed E-state index contributed by atoms with van der Waals surface area (Å²) in [4.78, 5) is 15.6. The Labute approximate surface area is 97.7 Å². The fourth-order valence-corrected chi connectivity index (χ4v) is 2.16. The first-order valence-electron chi connectivity index (χ1n) is 4.81. The first-order chi connectivity index (χ1) is 7.70. The van der Waals surface area contributed by atoms with Gasteiger partial charge in [0.05, 0.1) is 12.7 Å². The highest BCUT2D eigenvalue weighted by Crippen LogP contribution is 2.23. The number of carbonyl (C=O) groups is 1. The molecule has 0 saturated heterocycles. The van der Waals surface area contributed by atoms with Crippen LogP contribution in [-0.2, 0) is 4.74 Å². The first-order valence-corrected chi connectivity index (χ1v) is 5.69. The molecule has 0 aliphatic rings. The summed E-state index contributed by atoms with van der Waals surface area (Å²) in [6, 6.07) is 7.25. The van der Waals surface area contributed by atoms with Crippen LogP contribution in [0.2, 0.25) is 0 Å². The van der Waals surface area contributed by atoms with E-state index >= 15 is 0 Å². The molecule has 4 heteroatoms. The molecule has 2 rings (SSSR count). The summed E-state index contributed by atoms with van der Waals surface area (Å²) in [6.07, 6.45) is 0. The predicted molar refractivity (Wildman–Crippen MR) is 63.6 cm³/mol. The van der Waals surface area contributed by atoms with Gasteiger partial charge in [0.2, 0.25) is 0 Å². The van der Waals surface area contributed by atoms with E-state index in [0.29, 0.717) is 5.56 Å². The fraction of sp³-hybridized carbons (Fsp3) is 0.167. The number of aromatic nitrogens is 1. The summed E-state index contributed by atoms with van der Waals surface area (Å²) in [5.74, 6) is -0.318. The Morgan fingerprint density at radius 2 is 2.00 bits per heavy atom. The lowest BCUT2D eigenvalue weighted by Gasteiger charge is -2.00. The molecule has 0 N–H and O–H groups in total. The Hall–Kier alpha value is -1.68. The number of thiazole rings is 1. The standard InChI is InChI=1S/C12H11NO2S/c1-8-7-16-11(13-8)9-3-5-10(6-4-9)12(14)15-2/h3-7H,1-2H3. The van der Waals surface area contributed by atoms with Crippen molar-refractivity contribution in [1.29, 1.82) is 0 Å². The van der Waals surface area contributed by atoms with Crippen LogP contribution in [0.5, 0.6) is 0 Å². The lowest BCUT2D eigenvalue weighted by atomic mass is 10.1. The fourth-order valence-electron chi connectivity index (χ4n) is 1.35. The van der Waals surface area contributed by atoms with Crippen molar-refractivity contribution in [3.63, 3.8) is 0 Å². The Balaban J connectivity index is 2.29. The van der Waals surface area contributed by atoms with Gasteiger partial charge in [-0.25, -0.2) is 9.78 Å². The van der Waals surface area contributed by atoms with Gasteiger partial charge in [-0.3, -0.25) is 0 Å². The maximum absolute atomic E-state index is 11.2. The molecule has 1 aromatic heterocycles. The zero-order valence-corrected chi connectivity index (χ0v) is 9.88. The number of methoxy groups -OCH3 is 1. The maximum atomic E-state index is 11.2. The van der Waals surface area contributed by atoms with Crippen LogP contribution in [0.15, 0.2) is 29.6 Å². The summed E-state index contributed by atoms with van der Waals surface area (Å²) in [6.45, 7) is 1.96. The molecule has 0 fully saturated rings. The molecule has 0 aliphatic carbocycles. The molecule has 0 unspecified atom stereocenters. The average Bonchev–Trinajstić information content (AvgIpc) is 2.75. The van der Waals surface area contributed by atoms with Gasteiger partial charge in [0.25, 0.3) is 0 Å². The molecule has 0 bridgehead atoms. The molecule has 0 radical (unpaired) electrons. The van der Waals surface area contributed by atoms with Crippen molar-refractivity contribution in [3.05, 3.63) is 40.9 Å². The van der Waals surface area contributed by atoms with Crippen molar-refractivity contribution in [2.45, 2.75) is 6.92 Å². The number of ether oxygens (including phenoxy) is 1. The van der Waals surface area contributed by atoms with Gasteiger partial charge in [-0.05, 0) is 19.1 Å². The second-order valence-corrected chi connectivity index (χ2v) is 4.22. The van der Waals surface area contributed by atoms with Crippen LogP contribution in [0.25, 0.3) is 10.6 Å². The van der Waals surface area contributed by atoms with Crippen LogP contribution >= 0.6 is 11.3 Å². The Morgan fingerprint density at radius 3 is 2.50 bits per heavy atom. The minimum absolute atomic E-state index is 0.318. The molecule has 0 spiro atoms. The number of aryl methyl sites for hydroxylation is 1. The van der Waals surface area contributed by atoms with Gasteiger partial charge in [0, 0.05) is 16.6 Å². The van der Waals surface area contributed by atoms with Gasteiger partial charge in [-0.15, -0.1) is 11.3 Å². The number of benzene rings is 1. The van der Waals surface area contributed by atoms with E-state index in [1.165, 1.54) is 7.11 Å². The first kappa shape index (κ1) is 10.8. The maximum Gasteiger partial charge on any atom is 0.337 e.